The molecule has 0 saturated heterocycles. The van der Waals surface area contributed by atoms with E-state index in [4.69, 9.17) is 10.5 Å². The van der Waals surface area contributed by atoms with E-state index in [-0.39, 0.29) is 11.6 Å². The molecule has 0 aliphatic carbocycles. The van der Waals surface area contributed by atoms with E-state index in [0.717, 1.165) is 0 Å². The predicted molar refractivity (Wildman–Crippen MR) is 63.8 cm³/mol. The van der Waals surface area contributed by atoms with Crippen LogP contribution in [0.1, 0.15) is 25.8 Å². The van der Waals surface area contributed by atoms with Gasteiger partial charge in [-0.05, 0) is 32.0 Å². The first kappa shape index (κ1) is 13.0. The van der Waals surface area contributed by atoms with E-state index >= 15 is 0 Å². The van der Waals surface area contributed by atoms with Crippen molar-refractivity contribution in [3.05, 3.63) is 29.6 Å². The van der Waals surface area contributed by atoms with Crippen LogP contribution in [0, 0.1) is 28.5 Å². The smallest absolute Gasteiger partial charge is 0.143 e. The Morgan fingerprint density at radius 3 is 2.53 bits per heavy atom. The summed E-state index contributed by atoms with van der Waals surface area (Å²) in [4.78, 5) is 1.94. The first-order valence-corrected chi connectivity index (χ1v) is 5.43. The summed E-state index contributed by atoms with van der Waals surface area (Å²) in [5, 5.41) is 17.2. The second kappa shape index (κ2) is 5.86. The van der Waals surface area contributed by atoms with Crippen molar-refractivity contribution < 1.29 is 4.39 Å². The van der Waals surface area contributed by atoms with Crippen LogP contribution in [0.4, 0.5) is 10.1 Å². The summed E-state index contributed by atoms with van der Waals surface area (Å²) in [6.07, 6.45) is 0.389. The predicted octanol–water partition coefficient (Wildman–Crippen LogP) is 2.83. The van der Waals surface area contributed by atoms with E-state index < -0.39 is 5.82 Å². The summed E-state index contributed by atoms with van der Waals surface area (Å²) in [6, 6.07) is 8.55. The lowest BCUT2D eigenvalue weighted by molar-refractivity contribution is 0.619. The van der Waals surface area contributed by atoms with E-state index in [2.05, 4.69) is 6.07 Å². The first-order valence-electron chi connectivity index (χ1n) is 5.43. The maximum atomic E-state index is 13.5. The molecule has 0 bridgehead atoms. The lowest BCUT2D eigenvalue weighted by Gasteiger charge is -2.28. The molecule has 0 N–H and O–H groups in total. The molecule has 3 nitrogen and oxygen atoms in total. The molecule has 1 aromatic rings. The van der Waals surface area contributed by atoms with Crippen LogP contribution in [0.5, 0.6) is 0 Å². The molecule has 0 aliphatic heterocycles. The maximum Gasteiger partial charge on any atom is 0.143 e. The van der Waals surface area contributed by atoms with Crippen LogP contribution >= 0.6 is 0 Å². The summed E-state index contributed by atoms with van der Waals surface area (Å²) in [5.41, 5.74) is 0.740. The molecule has 0 saturated carbocycles. The number of anilines is 1. The van der Waals surface area contributed by atoms with Gasteiger partial charge in [0.1, 0.15) is 11.9 Å². The molecule has 1 aromatic carbocycles. The highest BCUT2D eigenvalue weighted by atomic mass is 19.1. The summed E-state index contributed by atoms with van der Waals surface area (Å²) >= 11 is 0. The lowest BCUT2D eigenvalue weighted by atomic mass is 10.1. The van der Waals surface area contributed by atoms with Gasteiger partial charge in [-0.3, -0.25) is 0 Å². The van der Waals surface area contributed by atoms with E-state index in [1.54, 1.807) is 12.1 Å². The van der Waals surface area contributed by atoms with Gasteiger partial charge in [0.05, 0.1) is 18.1 Å². The number of nitrogens with zero attached hydrogens (tertiary/aromatic N) is 3. The number of hydrogen-bond acceptors (Lipinski definition) is 3. The van der Waals surface area contributed by atoms with Gasteiger partial charge in [0.25, 0.3) is 0 Å². The monoisotopic (exact) mass is 231 g/mol. The van der Waals surface area contributed by atoms with Crippen molar-refractivity contribution in [2.75, 3.05) is 11.4 Å². The zero-order valence-corrected chi connectivity index (χ0v) is 9.94. The minimum Gasteiger partial charge on any atom is -0.368 e. The standard InChI is InChI=1S/C13H14FN3/c1-10(2)17(7-3-6-15)12-5-4-11(9-16)13(14)8-12/h4-5,8,10H,3,7H2,1-2H3. The maximum absolute atomic E-state index is 13.5. The molecule has 0 atom stereocenters. The highest BCUT2D eigenvalue weighted by Gasteiger charge is 2.12. The molecular formula is C13H14FN3. The van der Waals surface area contributed by atoms with Gasteiger partial charge in [0, 0.05) is 18.3 Å². The Bertz CT molecular complexity index is 469. The second-order valence-corrected chi connectivity index (χ2v) is 3.97. The fraction of sp³-hybridized carbons (Fsp3) is 0.385. The highest BCUT2D eigenvalue weighted by molar-refractivity contribution is 5.51. The second-order valence-electron chi connectivity index (χ2n) is 3.97. The molecule has 0 amide bonds. The molecule has 4 heteroatoms. The molecule has 17 heavy (non-hydrogen) atoms. The number of halogens is 1. The molecule has 0 heterocycles. The van der Waals surface area contributed by atoms with Crippen molar-refractivity contribution in [2.45, 2.75) is 26.3 Å². The minimum atomic E-state index is -0.521. The van der Waals surface area contributed by atoms with Gasteiger partial charge >= 0.3 is 0 Å². The Morgan fingerprint density at radius 2 is 2.06 bits per heavy atom. The number of hydrogen-bond donors (Lipinski definition) is 0. The Morgan fingerprint density at radius 1 is 1.35 bits per heavy atom. The molecule has 88 valence electrons. The third-order valence-electron chi connectivity index (χ3n) is 2.49. The summed E-state index contributed by atoms with van der Waals surface area (Å²) in [6.45, 7) is 4.51. The summed E-state index contributed by atoms with van der Waals surface area (Å²) in [7, 11) is 0. The summed E-state index contributed by atoms with van der Waals surface area (Å²) < 4.78 is 13.5. The van der Waals surface area contributed by atoms with Crippen molar-refractivity contribution in [3.8, 4) is 12.1 Å². The number of nitriles is 2. The third-order valence-corrected chi connectivity index (χ3v) is 2.49. The number of rotatable bonds is 4. The molecule has 0 radical (unpaired) electrons. The molecule has 0 spiro atoms. The molecule has 0 aliphatic rings. The van der Waals surface area contributed by atoms with Gasteiger partial charge in [-0.2, -0.15) is 10.5 Å². The van der Waals surface area contributed by atoms with Gasteiger partial charge in [-0.15, -0.1) is 0 Å². The molecule has 1 rings (SSSR count). The quantitative estimate of drug-likeness (QED) is 0.800. The largest absolute Gasteiger partial charge is 0.368 e. The molecule has 0 aromatic heterocycles. The Kier molecular flexibility index (Phi) is 4.48. The molecule has 0 unspecified atom stereocenters. The average molecular weight is 231 g/mol. The molecule has 0 fully saturated rings. The van der Waals surface area contributed by atoms with Crippen molar-refractivity contribution >= 4 is 5.69 Å². The van der Waals surface area contributed by atoms with Crippen molar-refractivity contribution in [1.29, 1.82) is 10.5 Å². The Hall–Kier alpha value is -2.07. The van der Waals surface area contributed by atoms with Crippen LogP contribution in [0.15, 0.2) is 18.2 Å². The van der Waals surface area contributed by atoms with Crippen molar-refractivity contribution in [1.82, 2.24) is 0 Å². The number of benzene rings is 1. The van der Waals surface area contributed by atoms with E-state index in [9.17, 15) is 4.39 Å². The first-order chi connectivity index (χ1) is 8.10. The lowest BCUT2D eigenvalue weighted by Crippen LogP contribution is -2.31. The fourth-order valence-corrected chi connectivity index (χ4v) is 1.63. The SMILES string of the molecule is CC(C)N(CCC#N)c1ccc(C#N)c(F)c1. The van der Waals surface area contributed by atoms with Crippen LogP contribution in [-0.4, -0.2) is 12.6 Å². The Labute approximate surface area is 101 Å². The minimum absolute atomic E-state index is 0.0396. The van der Waals surface area contributed by atoms with E-state index in [0.29, 0.717) is 18.7 Å². The van der Waals surface area contributed by atoms with Crippen LogP contribution in [0.3, 0.4) is 0 Å². The third kappa shape index (κ3) is 3.19. The van der Waals surface area contributed by atoms with Crippen molar-refractivity contribution in [3.63, 3.8) is 0 Å². The van der Waals surface area contributed by atoms with Crippen LogP contribution in [-0.2, 0) is 0 Å². The topological polar surface area (TPSA) is 50.8 Å². The average Bonchev–Trinajstić information content (AvgIpc) is 2.29. The van der Waals surface area contributed by atoms with Crippen LogP contribution in [0.25, 0.3) is 0 Å². The zero-order valence-electron chi connectivity index (χ0n) is 9.94. The van der Waals surface area contributed by atoms with Gasteiger partial charge in [-0.25, -0.2) is 4.39 Å². The van der Waals surface area contributed by atoms with Gasteiger partial charge in [0.15, 0.2) is 0 Å². The normalized spacial score (nSPS) is 9.76. The fourth-order valence-electron chi connectivity index (χ4n) is 1.63. The van der Waals surface area contributed by atoms with E-state index in [1.807, 2.05) is 18.7 Å². The highest BCUT2D eigenvalue weighted by Crippen LogP contribution is 2.20. The summed E-state index contributed by atoms with van der Waals surface area (Å²) in [5.74, 6) is -0.521. The van der Waals surface area contributed by atoms with Gasteiger partial charge in [-0.1, -0.05) is 0 Å². The zero-order chi connectivity index (χ0) is 12.8. The Balaban J connectivity index is 3.00. The van der Waals surface area contributed by atoms with Gasteiger partial charge < -0.3 is 4.90 Å². The van der Waals surface area contributed by atoms with Crippen LogP contribution in [0.2, 0.25) is 0 Å². The van der Waals surface area contributed by atoms with E-state index in [1.165, 1.54) is 12.1 Å². The van der Waals surface area contributed by atoms with Gasteiger partial charge in [0.2, 0.25) is 0 Å². The van der Waals surface area contributed by atoms with Crippen molar-refractivity contribution in [2.24, 2.45) is 0 Å². The molecular weight excluding hydrogens is 217 g/mol. The van der Waals surface area contributed by atoms with Crippen LogP contribution < -0.4 is 4.90 Å².